The first kappa shape index (κ1) is 13.1. The summed E-state index contributed by atoms with van der Waals surface area (Å²) in [7, 11) is 0. The number of nitrogens with zero attached hydrogens (tertiary/aromatic N) is 2. The Kier molecular flexibility index (Phi) is 3.63. The monoisotopic (exact) mass is 254 g/mol. The minimum atomic E-state index is -2.54. The van der Waals surface area contributed by atoms with Crippen LogP contribution in [-0.2, 0) is 0 Å². The van der Waals surface area contributed by atoms with E-state index in [1.165, 1.54) is 0 Å². The highest BCUT2D eigenvalue weighted by Crippen LogP contribution is 2.30. The van der Waals surface area contributed by atoms with Crippen LogP contribution in [-0.4, -0.2) is 54.5 Å². The first-order valence-electron chi connectivity index (χ1n) is 6.07. The van der Waals surface area contributed by atoms with Crippen LogP contribution in [0.5, 0.6) is 0 Å². The molecule has 0 radical (unpaired) electrons. The average molecular weight is 254 g/mol. The van der Waals surface area contributed by atoms with Gasteiger partial charge in [-0.05, 0) is 0 Å². The van der Waals surface area contributed by atoms with Crippen LogP contribution >= 0.6 is 0 Å². The largest absolute Gasteiger partial charge is 0.290 e. The summed E-state index contributed by atoms with van der Waals surface area (Å²) in [5, 5.41) is 0. The minimum absolute atomic E-state index is 0.114. The molecule has 0 aromatic heterocycles. The Hall–Kier alpha value is -0.360. The maximum atomic E-state index is 12.9. The molecule has 2 heterocycles. The van der Waals surface area contributed by atoms with E-state index in [4.69, 9.17) is 0 Å². The molecule has 2 aliphatic heterocycles. The molecule has 2 nitrogen and oxygen atoms in total. The molecule has 0 bridgehead atoms. The van der Waals surface area contributed by atoms with Crippen LogP contribution in [0.1, 0.15) is 25.7 Å². The fourth-order valence-electron chi connectivity index (χ4n) is 2.33. The van der Waals surface area contributed by atoms with Crippen LogP contribution in [0.2, 0.25) is 0 Å². The standard InChI is InChI=1S/C11H18F4N2/c12-10(13)1-5-16(6-2-10)9-17-7-3-11(14,15)4-8-17/h1-9H2. The molecule has 2 saturated heterocycles. The molecule has 0 aromatic rings. The van der Waals surface area contributed by atoms with E-state index >= 15 is 0 Å². The molecule has 0 aromatic carbocycles. The summed E-state index contributed by atoms with van der Waals surface area (Å²) in [4.78, 5) is 3.86. The lowest BCUT2D eigenvalue weighted by Gasteiger charge is -2.38. The number of halogens is 4. The molecule has 0 N–H and O–H groups in total. The molecular formula is C11H18F4N2. The maximum absolute atomic E-state index is 12.9. The van der Waals surface area contributed by atoms with Crippen molar-refractivity contribution in [2.45, 2.75) is 37.5 Å². The van der Waals surface area contributed by atoms with Crippen molar-refractivity contribution in [1.29, 1.82) is 0 Å². The molecule has 6 heteroatoms. The van der Waals surface area contributed by atoms with E-state index in [0.717, 1.165) is 0 Å². The van der Waals surface area contributed by atoms with Gasteiger partial charge in [0, 0.05) is 51.9 Å². The quantitative estimate of drug-likeness (QED) is 0.698. The Morgan fingerprint density at radius 2 is 0.941 bits per heavy atom. The van der Waals surface area contributed by atoms with E-state index in [0.29, 0.717) is 32.8 Å². The lowest BCUT2D eigenvalue weighted by atomic mass is 10.1. The molecule has 0 spiro atoms. The molecule has 2 rings (SSSR count). The minimum Gasteiger partial charge on any atom is -0.290 e. The Balaban J connectivity index is 1.72. The smallest absolute Gasteiger partial charge is 0.250 e. The number of hydrogen-bond donors (Lipinski definition) is 0. The zero-order chi connectivity index (χ0) is 12.5. The zero-order valence-electron chi connectivity index (χ0n) is 9.77. The van der Waals surface area contributed by atoms with E-state index < -0.39 is 11.8 Å². The second kappa shape index (κ2) is 4.72. The molecule has 2 aliphatic rings. The zero-order valence-corrected chi connectivity index (χ0v) is 9.77. The van der Waals surface area contributed by atoms with Crippen molar-refractivity contribution in [3.05, 3.63) is 0 Å². The Bertz CT molecular complexity index is 224. The molecule has 0 atom stereocenters. The van der Waals surface area contributed by atoms with Crippen molar-refractivity contribution in [3.63, 3.8) is 0 Å². The highest BCUT2D eigenvalue weighted by molar-refractivity contribution is 4.80. The summed E-state index contributed by atoms with van der Waals surface area (Å²) in [5.74, 6) is -5.07. The number of piperidine rings is 2. The molecule has 2 fully saturated rings. The van der Waals surface area contributed by atoms with Gasteiger partial charge in [-0.1, -0.05) is 0 Å². The van der Waals surface area contributed by atoms with Gasteiger partial charge in [-0.2, -0.15) is 0 Å². The van der Waals surface area contributed by atoms with Crippen molar-refractivity contribution in [2.75, 3.05) is 32.8 Å². The van der Waals surface area contributed by atoms with Crippen molar-refractivity contribution < 1.29 is 17.6 Å². The van der Waals surface area contributed by atoms with Gasteiger partial charge in [-0.15, -0.1) is 0 Å². The predicted octanol–water partition coefficient (Wildman–Crippen LogP) is 2.41. The Morgan fingerprint density at radius 3 is 1.24 bits per heavy atom. The predicted molar refractivity (Wildman–Crippen MR) is 56.4 cm³/mol. The van der Waals surface area contributed by atoms with Gasteiger partial charge in [0.25, 0.3) is 11.8 Å². The van der Waals surface area contributed by atoms with Crippen LogP contribution in [0, 0.1) is 0 Å². The van der Waals surface area contributed by atoms with Crippen LogP contribution in [0.4, 0.5) is 17.6 Å². The van der Waals surface area contributed by atoms with Gasteiger partial charge in [-0.25, -0.2) is 17.6 Å². The summed E-state index contributed by atoms with van der Waals surface area (Å²) >= 11 is 0. The molecular weight excluding hydrogens is 236 g/mol. The molecule has 17 heavy (non-hydrogen) atoms. The van der Waals surface area contributed by atoms with Crippen molar-refractivity contribution >= 4 is 0 Å². The topological polar surface area (TPSA) is 6.48 Å². The summed E-state index contributed by atoms with van der Waals surface area (Å²) in [6, 6.07) is 0. The summed E-state index contributed by atoms with van der Waals surface area (Å²) in [6.45, 7) is 1.99. The number of rotatable bonds is 2. The molecule has 100 valence electrons. The third-order valence-electron chi connectivity index (χ3n) is 3.58. The van der Waals surface area contributed by atoms with Gasteiger partial charge < -0.3 is 0 Å². The normalized spacial score (nSPS) is 30.4. The van der Waals surface area contributed by atoms with Gasteiger partial charge >= 0.3 is 0 Å². The third kappa shape index (κ3) is 3.81. The van der Waals surface area contributed by atoms with Crippen molar-refractivity contribution in [1.82, 2.24) is 9.80 Å². The van der Waals surface area contributed by atoms with Gasteiger partial charge in [0.1, 0.15) is 0 Å². The van der Waals surface area contributed by atoms with E-state index in [9.17, 15) is 17.6 Å². The lowest BCUT2D eigenvalue weighted by molar-refractivity contribution is -0.0833. The van der Waals surface area contributed by atoms with E-state index in [2.05, 4.69) is 0 Å². The first-order chi connectivity index (χ1) is 7.86. The van der Waals surface area contributed by atoms with Crippen LogP contribution in [0.15, 0.2) is 0 Å². The Morgan fingerprint density at radius 1 is 0.647 bits per heavy atom. The summed E-state index contributed by atoms with van der Waals surface area (Å²) in [5.41, 5.74) is 0. The maximum Gasteiger partial charge on any atom is 0.250 e. The highest BCUT2D eigenvalue weighted by Gasteiger charge is 2.37. The van der Waals surface area contributed by atoms with Crippen LogP contribution in [0.3, 0.4) is 0 Å². The van der Waals surface area contributed by atoms with Crippen molar-refractivity contribution in [2.24, 2.45) is 0 Å². The van der Waals surface area contributed by atoms with E-state index in [-0.39, 0.29) is 25.7 Å². The number of likely N-dealkylation sites (tertiary alicyclic amines) is 2. The fourth-order valence-corrected chi connectivity index (χ4v) is 2.33. The third-order valence-corrected chi connectivity index (χ3v) is 3.58. The average Bonchev–Trinajstić information content (AvgIpc) is 2.24. The second-order valence-electron chi connectivity index (χ2n) is 5.09. The second-order valence-corrected chi connectivity index (χ2v) is 5.09. The fraction of sp³-hybridized carbons (Fsp3) is 1.00. The lowest BCUT2D eigenvalue weighted by Crippen LogP contribution is -2.48. The van der Waals surface area contributed by atoms with Gasteiger partial charge in [0.2, 0.25) is 0 Å². The molecule has 0 aliphatic carbocycles. The highest BCUT2D eigenvalue weighted by atomic mass is 19.3. The van der Waals surface area contributed by atoms with Gasteiger partial charge in [-0.3, -0.25) is 9.80 Å². The van der Waals surface area contributed by atoms with Gasteiger partial charge in [0.05, 0.1) is 6.67 Å². The van der Waals surface area contributed by atoms with E-state index in [1.54, 1.807) is 0 Å². The van der Waals surface area contributed by atoms with Crippen LogP contribution in [0.25, 0.3) is 0 Å². The molecule has 0 saturated carbocycles. The van der Waals surface area contributed by atoms with E-state index in [1.807, 2.05) is 9.80 Å². The van der Waals surface area contributed by atoms with Gasteiger partial charge in [0.15, 0.2) is 0 Å². The summed E-state index contributed by atoms with van der Waals surface area (Å²) < 4.78 is 51.7. The Labute approximate surface area is 98.6 Å². The SMILES string of the molecule is FC1(F)CCN(CN2CCC(F)(F)CC2)CC1. The molecule has 0 unspecified atom stereocenters. The van der Waals surface area contributed by atoms with Crippen molar-refractivity contribution in [3.8, 4) is 0 Å². The summed E-state index contributed by atoms with van der Waals surface area (Å²) in [6.07, 6.45) is -0.456. The number of alkyl halides is 4. The number of hydrogen-bond acceptors (Lipinski definition) is 2. The van der Waals surface area contributed by atoms with Crippen LogP contribution < -0.4 is 0 Å². The molecule has 0 amide bonds. The first-order valence-corrected chi connectivity index (χ1v) is 6.07.